The van der Waals surface area contributed by atoms with Crippen molar-refractivity contribution in [2.45, 2.75) is 39.3 Å². The standard InChI is InChI=1S/C16H22FN3O4/c1-11-10-18(7-8-19(11)15(21)24-16(2,3)4)12-5-6-14(20(22)23)13(17)9-12/h5-6,9,11H,7-8,10H2,1-4H3/t11-/m1/s1. The molecular weight excluding hydrogens is 317 g/mol. The summed E-state index contributed by atoms with van der Waals surface area (Å²) in [5, 5.41) is 10.7. The number of anilines is 1. The quantitative estimate of drug-likeness (QED) is 0.611. The smallest absolute Gasteiger partial charge is 0.410 e. The summed E-state index contributed by atoms with van der Waals surface area (Å²) in [4.78, 5) is 25.7. The third-order valence-electron chi connectivity index (χ3n) is 3.75. The number of ether oxygens (including phenoxy) is 1. The summed E-state index contributed by atoms with van der Waals surface area (Å²) < 4.78 is 19.2. The van der Waals surface area contributed by atoms with Crippen LogP contribution < -0.4 is 4.90 Å². The molecule has 8 heteroatoms. The first-order chi connectivity index (χ1) is 11.1. The van der Waals surface area contributed by atoms with Crippen molar-refractivity contribution in [2.75, 3.05) is 24.5 Å². The van der Waals surface area contributed by atoms with Gasteiger partial charge in [0.05, 0.1) is 4.92 Å². The molecule has 0 aliphatic carbocycles. The van der Waals surface area contributed by atoms with Gasteiger partial charge in [0.15, 0.2) is 0 Å². The van der Waals surface area contributed by atoms with E-state index >= 15 is 0 Å². The molecule has 0 bridgehead atoms. The van der Waals surface area contributed by atoms with Crippen LogP contribution in [0.3, 0.4) is 0 Å². The summed E-state index contributed by atoms with van der Waals surface area (Å²) in [6, 6.07) is 3.73. The van der Waals surface area contributed by atoms with Crippen molar-refractivity contribution in [3.05, 3.63) is 34.1 Å². The highest BCUT2D eigenvalue weighted by Gasteiger charge is 2.31. The van der Waals surface area contributed by atoms with Crippen molar-refractivity contribution in [1.29, 1.82) is 0 Å². The summed E-state index contributed by atoms with van der Waals surface area (Å²) in [5.41, 5.74) is -0.539. The number of nitrogens with zero attached hydrogens (tertiary/aromatic N) is 3. The van der Waals surface area contributed by atoms with Gasteiger partial charge in [0.2, 0.25) is 5.82 Å². The maximum absolute atomic E-state index is 13.8. The van der Waals surface area contributed by atoms with Gasteiger partial charge in [-0.05, 0) is 33.8 Å². The molecule has 0 aromatic heterocycles. The average molecular weight is 339 g/mol. The van der Waals surface area contributed by atoms with Gasteiger partial charge in [0, 0.05) is 43.5 Å². The monoisotopic (exact) mass is 339 g/mol. The molecular formula is C16H22FN3O4. The first kappa shape index (κ1) is 18.0. The average Bonchev–Trinajstić information content (AvgIpc) is 2.44. The molecule has 1 saturated heterocycles. The Morgan fingerprint density at radius 1 is 1.38 bits per heavy atom. The molecule has 0 N–H and O–H groups in total. The lowest BCUT2D eigenvalue weighted by Crippen LogP contribution is -2.55. The maximum atomic E-state index is 13.8. The fourth-order valence-corrected chi connectivity index (χ4v) is 2.62. The lowest BCUT2D eigenvalue weighted by Gasteiger charge is -2.41. The first-order valence-corrected chi connectivity index (χ1v) is 7.77. The Kier molecular flexibility index (Phi) is 4.96. The molecule has 0 radical (unpaired) electrons. The van der Waals surface area contributed by atoms with Crippen LogP contribution in [0.15, 0.2) is 18.2 Å². The van der Waals surface area contributed by atoms with Crippen molar-refractivity contribution in [3.63, 3.8) is 0 Å². The molecule has 0 saturated carbocycles. The predicted molar refractivity (Wildman–Crippen MR) is 87.7 cm³/mol. The summed E-state index contributed by atoms with van der Waals surface area (Å²) in [5.74, 6) is -0.861. The Hall–Kier alpha value is -2.38. The molecule has 2 rings (SSSR count). The number of halogens is 1. The molecule has 1 fully saturated rings. The van der Waals surface area contributed by atoms with Crippen molar-refractivity contribution >= 4 is 17.5 Å². The third kappa shape index (κ3) is 4.12. The minimum Gasteiger partial charge on any atom is -0.444 e. The van der Waals surface area contributed by atoms with Gasteiger partial charge in [-0.1, -0.05) is 0 Å². The van der Waals surface area contributed by atoms with Gasteiger partial charge in [-0.15, -0.1) is 0 Å². The molecule has 0 spiro atoms. The molecule has 1 aromatic rings. The van der Waals surface area contributed by atoms with Crippen LogP contribution in [-0.4, -0.2) is 47.2 Å². The summed E-state index contributed by atoms with van der Waals surface area (Å²) in [6.07, 6.45) is -0.371. The Morgan fingerprint density at radius 3 is 2.54 bits per heavy atom. The molecule has 132 valence electrons. The molecule has 1 heterocycles. The Morgan fingerprint density at radius 2 is 2.04 bits per heavy atom. The predicted octanol–water partition coefficient (Wildman–Crippen LogP) is 3.18. The first-order valence-electron chi connectivity index (χ1n) is 7.77. The van der Waals surface area contributed by atoms with E-state index in [4.69, 9.17) is 4.74 Å². The second-order valence-corrected chi connectivity index (χ2v) is 6.86. The van der Waals surface area contributed by atoms with Gasteiger partial charge in [-0.2, -0.15) is 4.39 Å². The number of nitro benzene ring substituents is 1. The Labute approximate surface area is 140 Å². The van der Waals surface area contributed by atoms with E-state index in [2.05, 4.69) is 0 Å². The fourth-order valence-electron chi connectivity index (χ4n) is 2.62. The lowest BCUT2D eigenvalue weighted by molar-refractivity contribution is -0.387. The maximum Gasteiger partial charge on any atom is 0.410 e. The topological polar surface area (TPSA) is 75.9 Å². The van der Waals surface area contributed by atoms with Crippen LogP contribution in [0.5, 0.6) is 0 Å². The number of piperazine rings is 1. The van der Waals surface area contributed by atoms with E-state index in [0.29, 0.717) is 25.3 Å². The zero-order valence-electron chi connectivity index (χ0n) is 14.3. The number of carbonyl (C=O) groups excluding carboxylic acids is 1. The molecule has 1 aliphatic rings. The minimum atomic E-state index is -0.861. The number of rotatable bonds is 2. The highest BCUT2D eigenvalue weighted by Crippen LogP contribution is 2.26. The number of carbonyl (C=O) groups is 1. The van der Waals surface area contributed by atoms with Crippen molar-refractivity contribution in [2.24, 2.45) is 0 Å². The molecule has 1 amide bonds. The van der Waals surface area contributed by atoms with E-state index in [9.17, 15) is 19.3 Å². The van der Waals surface area contributed by atoms with E-state index in [-0.39, 0.29) is 12.1 Å². The minimum absolute atomic E-state index is 0.119. The molecule has 1 atom stereocenters. The van der Waals surface area contributed by atoms with Crippen LogP contribution in [0.25, 0.3) is 0 Å². The van der Waals surface area contributed by atoms with E-state index in [1.807, 2.05) is 32.6 Å². The summed E-state index contributed by atoms with van der Waals surface area (Å²) in [6.45, 7) is 8.76. The van der Waals surface area contributed by atoms with E-state index in [0.717, 1.165) is 12.1 Å². The molecule has 24 heavy (non-hydrogen) atoms. The van der Waals surface area contributed by atoms with Gasteiger partial charge in [0.25, 0.3) is 0 Å². The SMILES string of the molecule is C[C@@H]1CN(c2ccc([N+](=O)[O-])c(F)c2)CCN1C(=O)OC(C)(C)C. The summed E-state index contributed by atoms with van der Waals surface area (Å²) >= 11 is 0. The lowest BCUT2D eigenvalue weighted by atomic mass is 10.1. The number of hydrogen-bond acceptors (Lipinski definition) is 5. The van der Waals surface area contributed by atoms with Gasteiger partial charge in [-0.3, -0.25) is 10.1 Å². The van der Waals surface area contributed by atoms with Crippen molar-refractivity contribution in [1.82, 2.24) is 4.90 Å². The van der Waals surface area contributed by atoms with E-state index < -0.39 is 22.0 Å². The van der Waals surface area contributed by atoms with Crippen LogP contribution in [0, 0.1) is 15.9 Å². The van der Waals surface area contributed by atoms with Crippen molar-refractivity contribution in [3.8, 4) is 0 Å². The molecule has 1 aliphatic heterocycles. The largest absolute Gasteiger partial charge is 0.444 e. The molecule has 7 nitrogen and oxygen atoms in total. The number of benzene rings is 1. The second-order valence-electron chi connectivity index (χ2n) is 6.86. The number of amides is 1. The zero-order chi connectivity index (χ0) is 18.1. The Bertz CT molecular complexity index is 645. The normalized spacial score (nSPS) is 18.5. The van der Waals surface area contributed by atoms with Gasteiger partial charge < -0.3 is 14.5 Å². The number of hydrogen-bond donors (Lipinski definition) is 0. The Balaban J connectivity index is 2.07. The highest BCUT2D eigenvalue weighted by molar-refractivity contribution is 5.69. The van der Waals surface area contributed by atoms with E-state index in [1.54, 1.807) is 4.90 Å². The van der Waals surface area contributed by atoms with E-state index in [1.165, 1.54) is 6.07 Å². The highest BCUT2D eigenvalue weighted by atomic mass is 19.1. The van der Waals surface area contributed by atoms with Gasteiger partial charge >= 0.3 is 11.8 Å². The van der Waals surface area contributed by atoms with Gasteiger partial charge in [-0.25, -0.2) is 4.79 Å². The fraction of sp³-hybridized carbons (Fsp3) is 0.562. The van der Waals surface area contributed by atoms with Crippen LogP contribution in [0.2, 0.25) is 0 Å². The van der Waals surface area contributed by atoms with Crippen LogP contribution in [0.1, 0.15) is 27.7 Å². The zero-order valence-corrected chi connectivity index (χ0v) is 14.3. The van der Waals surface area contributed by atoms with Crippen LogP contribution in [-0.2, 0) is 4.74 Å². The van der Waals surface area contributed by atoms with Crippen LogP contribution >= 0.6 is 0 Å². The molecule has 0 unspecified atom stereocenters. The van der Waals surface area contributed by atoms with Gasteiger partial charge in [0.1, 0.15) is 5.60 Å². The van der Waals surface area contributed by atoms with Crippen molar-refractivity contribution < 1.29 is 18.8 Å². The second kappa shape index (κ2) is 6.62. The van der Waals surface area contributed by atoms with Crippen LogP contribution in [0.4, 0.5) is 20.6 Å². The molecule has 1 aromatic carbocycles. The third-order valence-corrected chi connectivity index (χ3v) is 3.75. The number of nitro groups is 1. The summed E-state index contributed by atoms with van der Waals surface area (Å²) in [7, 11) is 0.